The Labute approximate surface area is 118 Å². The van der Waals surface area contributed by atoms with Crippen LogP contribution in [-0.4, -0.2) is 0 Å². The molecule has 0 unspecified atom stereocenters. The third-order valence-corrected chi connectivity index (χ3v) is 3.35. The summed E-state index contributed by atoms with van der Waals surface area (Å²) in [7, 11) is 0. The minimum absolute atomic E-state index is 0.0710. The molecular formula is C17H19F2N. The van der Waals surface area contributed by atoms with Gasteiger partial charge in [-0.3, -0.25) is 0 Å². The number of nitrogens with one attached hydrogen (secondary N) is 1. The first-order valence-corrected chi connectivity index (χ1v) is 6.66. The monoisotopic (exact) mass is 275 g/mol. The quantitative estimate of drug-likeness (QED) is 0.812. The van der Waals surface area contributed by atoms with Gasteiger partial charge in [-0.15, -0.1) is 0 Å². The van der Waals surface area contributed by atoms with Gasteiger partial charge in [0.1, 0.15) is 0 Å². The first-order valence-electron chi connectivity index (χ1n) is 6.66. The Morgan fingerprint density at radius 1 is 1.00 bits per heavy atom. The van der Waals surface area contributed by atoms with Gasteiger partial charge in [0.2, 0.25) is 0 Å². The Balaban J connectivity index is 2.15. The van der Waals surface area contributed by atoms with Gasteiger partial charge in [0.25, 0.3) is 6.43 Å². The molecule has 0 fully saturated rings. The molecule has 106 valence electrons. The maximum atomic E-state index is 12.7. The first kappa shape index (κ1) is 14.5. The van der Waals surface area contributed by atoms with E-state index in [9.17, 15) is 8.78 Å². The lowest BCUT2D eigenvalue weighted by Crippen LogP contribution is -2.04. The van der Waals surface area contributed by atoms with Crippen molar-refractivity contribution in [2.24, 2.45) is 0 Å². The van der Waals surface area contributed by atoms with E-state index >= 15 is 0 Å². The van der Waals surface area contributed by atoms with Crippen LogP contribution < -0.4 is 5.32 Å². The van der Waals surface area contributed by atoms with Gasteiger partial charge in [-0.25, -0.2) is 8.78 Å². The lowest BCUT2D eigenvalue weighted by molar-refractivity contribution is 0.151. The molecule has 0 bridgehead atoms. The predicted molar refractivity (Wildman–Crippen MR) is 79.4 cm³/mol. The number of aryl methyl sites for hydroxylation is 3. The number of halogens is 2. The highest BCUT2D eigenvalue weighted by molar-refractivity contribution is 5.58. The Morgan fingerprint density at radius 2 is 1.65 bits per heavy atom. The number of alkyl halides is 2. The molecule has 0 aliphatic rings. The molecule has 20 heavy (non-hydrogen) atoms. The summed E-state index contributed by atoms with van der Waals surface area (Å²) < 4.78 is 25.3. The van der Waals surface area contributed by atoms with Crippen molar-refractivity contribution in [3.05, 3.63) is 64.2 Å². The van der Waals surface area contributed by atoms with E-state index in [2.05, 4.69) is 38.2 Å². The SMILES string of the molecule is Cc1cc(C)c(NCc2cccc(C(F)F)c2)c(C)c1. The van der Waals surface area contributed by atoms with Crippen molar-refractivity contribution in [3.8, 4) is 0 Å². The molecule has 1 N–H and O–H groups in total. The number of hydrogen-bond donors (Lipinski definition) is 1. The minimum Gasteiger partial charge on any atom is -0.381 e. The summed E-state index contributed by atoms with van der Waals surface area (Å²) in [5.74, 6) is 0. The Morgan fingerprint density at radius 3 is 2.25 bits per heavy atom. The van der Waals surface area contributed by atoms with Crippen molar-refractivity contribution < 1.29 is 8.78 Å². The molecule has 3 heteroatoms. The topological polar surface area (TPSA) is 12.0 Å². The number of rotatable bonds is 4. The molecule has 0 spiro atoms. The van der Waals surface area contributed by atoms with Crippen molar-refractivity contribution >= 4 is 5.69 Å². The molecule has 0 amide bonds. The van der Waals surface area contributed by atoms with Crippen molar-refractivity contribution in [3.63, 3.8) is 0 Å². The van der Waals surface area contributed by atoms with Gasteiger partial charge >= 0.3 is 0 Å². The first-order chi connectivity index (χ1) is 9.47. The lowest BCUT2D eigenvalue weighted by atomic mass is 10.0. The highest BCUT2D eigenvalue weighted by Crippen LogP contribution is 2.24. The fourth-order valence-corrected chi connectivity index (χ4v) is 2.49. The van der Waals surface area contributed by atoms with Crippen LogP contribution >= 0.6 is 0 Å². The van der Waals surface area contributed by atoms with Crippen LogP contribution in [0.4, 0.5) is 14.5 Å². The zero-order valence-corrected chi connectivity index (χ0v) is 12.0. The van der Waals surface area contributed by atoms with E-state index in [0.717, 1.165) is 11.3 Å². The maximum Gasteiger partial charge on any atom is 0.263 e. The molecule has 0 radical (unpaired) electrons. The second-order valence-corrected chi connectivity index (χ2v) is 5.17. The van der Waals surface area contributed by atoms with Crippen LogP contribution in [0.25, 0.3) is 0 Å². The van der Waals surface area contributed by atoms with E-state index in [1.165, 1.54) is 22.8 Å². The highest BCUT2D eigenvalue weighted by atomic mass is 19.3. The van der Waals surface area contributed by atoms with Crippen LogP contribution in [-0.2, 0) is 6.54 Å². The van der Waals surface area contributed by atoms with Crippen molar-refractivity contribution in [2.45, 2.75) is 33.7 Å². The molecule has 0 heterocycles. The number of hydrogen-bond acceptors (Lipinski definition) is 1. The Hall–Kier alpha value is -1.90. The van der Waals surface area contributed by atoms with Crippen LogP contribution in [0.3, 0.4) is 0 Å². The predicted octanol–water partition coefficient (Wildman–Crippen LogP) is 5.16. The maximum absolute atomic E-state index is 12.7. The van der Waals surface area contributed by atoms with E-state index in [4.69, 9.17) is 0 Å². The van der Waals surface area contributed by atoms with Gasteiger partial charge in [-0.05, 0) is 43.5 Å². The summed E-state index contributed by atoms with van der Waals surface area (Å²) in [6.07, 6.45) is -2.42. The molecular weight excluding hydrogens is 256 g/mol. The van der Waals surface area contributed by atoms with Gasteiger partial charge in [0.15, 0.2) is 0 Å². The van der Waals surface area contributed by atoms with Gasteiger partial charge in [0, 0.05) is 17.8 Å². The fraction of sp³-hybridized carbons (Fsp3) is 0.294. The minimum atomic E-state index is -2.42. The molecule has 1 nitrogen and oxygen atoms in total. The fourth-order valence-electron chi connectivity index (χ4n) is 2.49. The summed E-state index contributed by atoms with van der Waals surface area (Å²) in [5, 5.41) is 3.35. The molecule has 0 aliphatic heterocycles. The van der Waals surface area contributed by atoms with E-state index in [1.54, 1.807) is 12.1 Å². The third-order valence-electron chi connectivity index (χ3n) is 3.35. The Bertz CT molecular complexity index is 583. The average molecular weight is 275 g/mol. The second-order valence-electron chi connectivity index (χ2n) is 5.17. The molecule has 2 aromatic carbocycles. The smallest absolute Gasteiger partial charge is 0.263 e. The van der Waals surface area contributed by atoms with Crippen LogP contribution in [0.1, 0.15) is 34.2 Å². The summed E-state index contributed by atoms with van der Waals surface area (Å²) in [5.41, 5.74) is 5.59. The zero-order chi connectivity index (χ0) is 14.7. The molecule has 0 atom stereocenters. The summed E-state index contributed by atoms with van der Waals surface area (Å²) in [6, 6.07) is 10.8. The zero-order valence-electron chi connectivity index (χ0n) is 12.0. The van der Waals surface area contributed by atoms with Gasteiger partial charge in [-0.2, -0.15) is 0 Å². The molecule has 0 aromatic heterocycles. The van der Waals surface area contributed by atoms with Crippen molar-refractivity contribution in [1.29, 1.82) is 0 Å². The summed E-state index contributed by atoms with van der Waals surface area (Å²) in [6.45, 7) is 6.72. The molecule has 2 aromatic rings. The molecule has 0 aliphatic carbocycles. The van der Waals surface area contributed by atoms with E-state index in [-0.39, 0.29) is 5.56 Å². The number of anilines is 1. The van der Waals surface area contributed by atoms with E-state index in [0.29, 0.717) is 6.54 Å². The highest BCUT2D eigenvalue weighted by Gasteiger charge is 2.08. The van der Waals surface area contributed by atoms with Crippen LogP contribution in [0, 0.1) is 20.8 Å². The number of benzene rings is 2. The van der Waals surface area contributed by atoms with Crippen molar-refractivity contribution in [2.75, 3.05) is 5.32 Å². The summed E-state index contributed by atoms with van der Waals surface area (Å²) >= 11 is 0. The lowest BCUT2D eigenvalue weighted by Gasteiger charge is -2.14. The van der Waals surface area contributed by atoms with Crippen LogP contribution in [0.5, 0.6) is 0 Å². The largest absolute Gasteiger partial charge is 0.381 e. The molecule has 2 rings (SSSR count). The normalized spacial score (nSPS) is 10.9. The standard InChI is InChI=1S/C17H19F2N/c1-11-7-12(2)16(13(3)8-11)20-10-14-5-4-6-15(9-14)17(18)19/h4-9,17,20H,10H2,1-3H3. The van der Waals surface area contributed by atoms with Crippen molar-refractivity contribution in [1.82, 2.24) is 0 Å². The third kappa shape index (κ3) is 3.35. The van der Waals surface area contributed by atoms with Gasteiger partial charge in [0.05, 0.1) is 0 Å². The van der Waals surface area contributed by atoms with Crippen LogP contribution in [0.2, 0.25) is 0 Å². The van der Waals surface area contributed by atoms with Gasteiger partial charge < -0.3 is 5.32 Å². The molecule has 0 saturated heterocycles. The molecule has 0 saturated carbocycles. The van der Waals surface area contributed by atoms with Crippen LogP contribution in [0.15, 0.2) is 36.4 Å². The summed E-state index contributed by atoms with van der Waals surface area (Å²) in [4.78, 5) is 0. The van der Waals surface area contributed by atoms with Gasteiger partial charge in [-0.1, -0.05) is 35.9 Å². The van der Waals surface area contributed by atoms with E-state index < -0.39 is 6.43 Å². The van der Waals surface area contributed by atoms with E-state index in [1.807, 2.05) is 6.07 Å². The second kappa shape index (κ2) is 6.04. The Kier molecular flexibility index (Phi) is 4.38. The average Bonchev–Trinajstić information content (AvgIpc) is 2.37.